The lowest BCUT2D eigenvalue weighted by Gasteiger charge is -2.11. The highest BCUT2D eigenvalue weighted by Crippen LogP contribution is 2.25. The highest BCUT2D eigenvalue weighted by Gasteiger charge is 2.14. The van der Waals surface area contributed by atoms with Crippen molar-refractivity contribution in [1.29, 1.82) is 0 Å². The molecule has 5 aromatic rings. The van der Waals surface area contributed by atoms with Crippen molar-refractivity contribution in [2.75, 3.05) is 0 Å². The average molecular weight is 617 g/mol. The summed E-state index contributed by atoms with van der Waals surface area (Å²) in [7, 11) is 0. The van der Waals surface area contributed by atoms with Crippen LogP contribution in [0.4, 0.5) is 0 Å². The number of hydrogen-bond acceptors (Lipinski definition) is 5. The molecular weight excluding hydrogens is 598 g/mol. The predicted octanol–water partition coefficient (Wildman–Crippen LogP) is 7.00. The summed E-state index contributed by atoms with van der Waals surface area (Å²) < 4.78 is 8.62. The molecule has 0 radical (unpaired) electrons. The summed E-state index contributed by atoms with van der Waals surface area (Å²) in [5.74, 6) is 0.210. The van der Waals surface area contributed by atoms with Crippen LogP contribution in [-0.4, -0.2) is 21.8 Å². The molecule has 1 aromatic heterocycles. The van der Waals surface area contributed by atoms with Gasteiger partial charge in [0.1, 0.15) is 5.75 Å². The summed E-state index contributed by atoms with van der Waals surface area (Å²) in [5, 5.41) is 4.96. The number of carbonyl (C=O) groups excluding carboxylic acids is 1. The van der Waals surface area contributed by atoms with E-state index >= 15 is 0 Å². The second kappa shape index (κ2) is 10.6. The molecule has 5 rings (SSSR count). The third kappa shape index (κ3) is 5.45. The fourth-order valence-electron chi connectivity index (χ4n) is 3.70. The second-order valence-corrected chi connectivity index (χ2v) is 10.1. The maximum Gasteiger partial charge on any atom is 0.343 e. The molecular formula is C29H19Br2N3O3. The van der Waals surface area contributed by atoms with E-state index in [0.717, 1.165) is 20.1 Å². The van der Waals surface area contributed by atoms with Crippen LogP contribution in [0.1, 0.15) is 21.5 Å². The van der Waals surface area contributed by atoms with Crippen LogP contribution >= 0.6 is 31.9 Å². The van der Waals surface area contributed by atoms with Crippen molar-refractivity contribution in [2.45, 2.75) is 6.92 Å². The first-order valence-electron chi connectivity index (χ1n) is 11.3. The second-order valence-electron chi connectivity index (χ2n) is 8.26. The topological polar surface area (TPSA) is 73.5 Å². The van der Waals surface area contributed by atoms with Gasteiger partial charge in [0, 0.05) is 20.1 Å². The Morgan fingerprint density at radius 3 is 2.38 bits per heavy atom. The largest absolute Gasteiger partial charge is 0.422 e. The molecule has 0 N–H and O–H groups in total. The van der Waals surface area contributed by atoms with Crippen molar-refractivity contribution in [2.24, 2.45) is 5.10 Å². The Kier molecular flexibility index (Phi) is 7.12. The summed E-state index contributed by atoms with van der Waals surface area (Å²) in [6.07, 6.45) is 1.49. The maximum absolute atomic E-state index is 13.5. The van der Waals surface area contributed by atoms with Crippen LogP contribution in [-0.2, 0) is 0 Å². The quantitative estimate of drug-likeness (QED) is 0.121. The van der Waals surface area contributed by atoms with E-state index in [2.05, 4.69) is 37.0 Å². The first-order chi connectivity index (χ1) is 17.9. The van der Waals surface area contributed by atoms with Crippen molar-refractivity contribution >= 4 is 54.9 Å². The van der Waals surface area contributed by atoms with Crippen molar-refractivity contribution in [3.05, 3.63) is 127 Å². The van der Waals surface area contributed by atoms with Gasteiger partial charge in [-0.15, -0.1) is 0 Å². The number of rotatable bonds is 5. The van der Waals surface area contributed by atoms with Gasteiger partial charge < -0.3 is 4.74 Å². The molecule has 0 spiro atoms. The minimum Gasteiger partial charge on any atom is -0.422 e. The molecule has 0 fully saturated rings. The molecule has 0 saturated carbocycles. The van der Waals surface area contributed by atoms with Crippen molar-refractivity contribution < 1.29 is 9.53 Å². The van der Waals surface area contributed by atoms with Crippen LogP contribution in [0.5, 0.6) is 5.75 Å². The van der Waals surface area contributed by atoms with E-state index in [1.807, 2.05) is 49.4 Å². The summed E-state index contributed by atoms with van der Waals surface area (Å²) >= 11 is 6.90. The molecule has 0 aliphatic rings. The van der Waals surface area contributed by atoms with Crippen LogP contribution < -0.4 is 10.3 Å². The van der Waals surface area contributed by atoms with Gasteiger partial charge in [-0.25, -0.2) is 9.78 Å². The molecule has 4 aromatic carbocycles. The smallest absolute Gasteiger partial charge is 0.343 e. The average Bonchev–Trinajstić information content (AvgIpc) is 2.90. The lowest BCUT2D eigenvalue weighted by molar-refractivity contribution is 0.0734. The number of hydrogen-bond donors (Lipinski definition) is 0. The van der Waals surface area contributed by atoms with E-state index in [4.69, 9.17) is 9.72 Å². The Hall–Kier alpha value is -3.88. The zero-order chi connectivity index (χ0) is 25.9. The Morgan fingerprint density at radius 1 is 0.919 bits per heavy atom. The highest BCUT2D eigenvalue weighted by atomic mass is 79.9. The summed E-state index contributed by atoms with van der Waals surface area (Å²) in [6, 6.07) is 27.0. The number of carbonyl (C=O) groups is 1. The number of fused-ring (bicyclic) bond motifs is 1. The molecule has 0 atom stereocenters. The van der Waals surface area contributed by atoms with Gasteiger partial charge in [0.05, 0.1) is 22.7 Å². The molecule has 37 heavy (non-hydrogen) atoms. The summed E-state index contributed by atoms with van der Waals surface area (Å²) in [4.78, 5) is 30.9. The zero-order valence-electron chi connectivity index (χ0n) is 19.6. The molecule has 0 bridgehead atoms. The summed E-state index contributed by atoms with van der Waals surface area (Å²) in [6.45, 7) is 1.95. The number of nitrogens with zero attached hydrogens (tertiary/aromatic N) is 3. The molecule has 1 heterocycles. The maximum atomic E-state index is 13.5. The molecule has 182 valence electrons. The van der Waals surface area contributed by atoms with Crippen LogP contribution in [0.25, 0.3) is 22.3 Å². The molecule has 6 nitrogen and oxygen atoms in total. The van der Waals surface area contributed by atoms with E-state index in [1.54, 1.807) is 48.5 Å². The van der Waals surface area contributed by atoms with Crippen molar-refractivity contribution in [3.63, 3.8) is 0 Å². The van der Waals surface area contributed by atoms with E-state index in [9.17, 15) is 9.59 Å². The third-order valence-electron chi connectivity index (χ3n) is 5.63. The van der Waals surface area contributed by atoms with Crippen LogP contribution in [0.15, 0.2) is 110 Å². The lowest BCUT2D eigenvalue weighted by atomic mass is 10.1. The van der Waals surface area contributed by atoms with E-state index in [1.165, 1.54) is 10.9 Å². The predicted molar refractivity (Wildman–Crippen MR) is 152 cm³/mol. The number of para-hydroxylation sites is 1. The van der Waals surface area contributed by atoms with Gasteiger partial charge in [-0.3, -0.25) is 4.79 Å². The first-order valence-corrected chi connectivity index (χ1v) is 12.9. The fourth-order valence-corrected chi connectivity index (χ4v) is 4.34. The van der Waals surface area contributed by atoms with E-state index in [-0.39, 0.29) is 5.56 Å². The van der Waals surface area contributed by atoms with Crippen LogP contribution in [0, 0.1) is 6.92 Å². The van der Waals surface area contributed by atoms with E-state index < -0.39 is 5.97 Å². The standard InChI is InChI=1S/C29H19Br2N3O3/c1-18-6-8-20(9-7-18)29(36)37-26-15-14-23(31)16-21(26)17-32-34-27(19-10-12-22(30)13-11-19)33-25-5-3-2-4-24(25)28(34)35/h2-17H,1H3. The molecule has 0 aliphatic heterocycles. The normalized spacial score (nSPS) is 11.2. The van der Waals surface area contributed by atoms with Crippen LogP contribution in [0.3, 0.4) is 0 Å². The van der Waals surface area contributed by atoms with Crippen molar-refractivity contribution in [3.8, 4) is 17.1 Å². The van der Waals surface area contributed by atoms with Gasteiger partial charge in [0.2, 0.25) is 0 Å². The van der Waals surface area contributed by atoms with Gasteiger partial charge >= 0.3 is 5.97 Å². The Bertz CT molecular complexity index is 1710. The zero-order valence-corrected chi connectivity index (χ0v) is 22.7. The molecule has 8 heteroatoms. The SMILES string of the molecule is Cc1ccc(C(=O)Oc2ccc(Br)cc2C=Nn2c(-c3ccc(Br)cc3)nc3ccccc3c2=O)cc1. The Labute approximate surface area is 229 Å². The fraction of sp³-hybridized carbons (Fsp3) is 0.0345. The number of aryl methyl sites for hydroxylation is 1. The third-order valence-corrected chi connectivity index (χ3v) is 6.65. The lowest BCUT2D eigenvalue weighted by Crippen LogP contribution is -2.20. The monoisotopic (exact) mass is 615 g/mol. The van der Waals surface area contributed by atoms with Gasteiger partial charge in [-0.2, -0.15) is 9.78 Å². The molecule has 0 amide bonds. The minimum atomic E-state index is -0.489. The summed E-state index contributed by atoms with van der Waals surface area (Å²) in [5.41, 5.74) is 2.98. The van der Waals surface area contributed by atoms with Gasteiger partial charge in [0.25, 0.3) is 5.56 Å². The number of benzene rings is 4. The van der Waals surface area contributed by atoms with E-state index in [0.29, 0.717) is 33.6 Å². The number of ether oxygens (including phenoxy) is 1. The van der Waals surface area contributed by atoms with Crippen LogP contribution in [0.2, 0.25) is 0 Å². The highest BCUT2D eigenvalue weighted by molar-refractivity contribution is 9.10. The molecule has 0 unspecified atom stereocenters. The first kappa shape index (κ1) is 24.8. The Morgan fingerprint density at radius 2 is 1.62 bits per heavy atom. The molecule has 0 saturated heterocycles. The minimum absolute atomic E-state index is 0.310. The number of halogens is 2. The van der Waals surface area contributed by atoms with Crippen molar-refractivity contribution in [1.82, 2.24) is 9.66 Å². The Balaban J connectivity index is 1.58. The van der Waals surface area contributed by atoms with Gasteiger partial charge in [0.15, 0.2) is 5.82 Å². The van der Waals surface area contributed by atoms with Gasteiger partial charge in [-0.05, 0) is 61.5 Å². The molecule has 0 aliphatic carbocycles. The number of aromatic nitrogens is 2. The number of esters is 1. The van der Waals surface area contributed by atoms with Gasteiger partial charge in [-0.1, -0.05) is 73.8 Å².